The molecule has 0 unspecified atom stereocenters. The van der Waals surface area contributed by atoms with E-state index in [0.29, 0.717) is 18.0 Å². The number of hydrogen-bond donors (Lipinski definition) is 1. The molecule has 1 heterocycles. The highest BCUT2D eigenvalue weighted by atomic mass is 19.4. The molecule has 1 N–H and O–H groups in total. The zero-order valence-electron chi connectivity index (χ0n) is 13.9. The van der Waals surface area contributed by atoms with E-state index >= 15 is 0 Å². The van der Waals surface area contributed by atoms with Crippen LogP contribution in [-0.2, 0) is 24.2 Å². The van der Waals surface area contributed by atoms with Gasteiger partial charge in [0.25, 0.3) is 0 Å². The number of aromatic nitrogens is 3. The summed E-state index contributed by atoms with van der Waals surface area (Å²) in [6.45, 7) is 0.335. The van der Waals surface area contributed by atoms with E-state index in [2.05, 4.69) is 15.4 Å². The van der Waals surface area contributed by atoms with Gasteiger partial charge in [-0.05, 0) is 17.7 Å². The highest BCUT2D eigenvalue weighted by molar-refractivity contribution is 5.72. The molecule has 0 bridgehead atoms. The Morgan fingerprint density at radius 3 is 2.52 bits per heavy atom. The number of halogens is 3. The Morgan fingerprint density at radius 1 is 1.28 bits per heavy atom. The number of ether oxygens (including phenoxy) is 1. The minimum atomic E-state index is -4.40. The first kappa shape index (κ1) is 18.8. The summed E-state index contributed by atoms with van der Waals surface area (Å²) in [5.74, 6) is 0.928. The monoisotopic (exact) mass is 356 g/mol. The van der Waals surface area contributed by atoms with Crippen LogP contribution in [0.1, 0.15) is 24.1 Å². The third kappa shape index (κ3) is 6.09. The lowest BCUT2D eigenvalue weighted by Gasteiger charge is -2.09. The minimum Gasteiger partial charge on any atom is -0.497 e. The maximum atomic E-state index is 12.7. The number of benzene rings is 1. The van der Waals surface area contributed by atoms with E-state index in [4.69, 9.17) is 4.74 Å². The smallest absolute Gasteiger partial charge is 0.408 e. The summed E-state index contributed by atoms with van der Waals surface area (Å²) in [4.78, 5) is 15.1. The lowest BCUT2D eigenvalue weighted by atomic mass is 10.1. The van der Waals surface area contributed by atoms with Crippen molar-refractivity contribution in [3.8, 4) is 5.75 Å². The molecule has 0 fully saturated rings. The lowest BCUT2D eigenvalue weighted by molar-refractivity contribution is -0.143. The summed E-state index contributed by atoms with van der Waals surface area (Å²) in [6, 6.07) is 7.14. The fraction of sp³-hybridized carbons (Fsp3) is 0.438. The van der Waals surface area contributed by atoms with Crippen LogP contribution in [0.25, 0.3) is 0 Å². The van der Waals surface area contributed by atoms with Gasteiger partial charge in [-0.25, -0.2) is 9.67 Å². The van der Waals surface area contributed by atoms with Crippen molar-refractivity contribution in [2.45, 2.75) is 32.5 Å². The van der Waals surface area contributed by atoms with E-state index < -0.39 is 12.7 Å². The van der Waals surface area contributed by atoms with Crippen LogP contribution < -0.4 is 10.1 Å². The summed E-state index contributed by atoms with van der Waals surface area (Å²) >= 11 is 0. The molecule has 9 heteroatoms. The van der Waals surface area contributed by atoms with Gasteiger partial charge in [-0.15, -0.1) is 0 Å². The van der Waals surface area contributed by atoms with Crippen LogP contribution in [0, 0.1) is 0 Å². The Balaban J connectivity index is 2.15. The molecule has 136 valence electrons. The van der Waals surface area contributed by atoms with Crippen molar-refractivity contribution in [1.29, 1.82) is 0 Å². The zero-order chi connectivity index (χ0) is 18.4. The van der Waals surface area contributed by atoms with E-state index in [1.807, 2.05) is 0 Å². The third-order valence-corrected chi connectivity index (χ3v) is 3.37. The number of nitrogens with zero attached hydrogens (tertiary/aromatic N) is 3. The molecule has 2 aromatic rings. The van der Waals surface area contributed by atoms with Gasteiger partial charge in [0.05, 0.1) is 7.11 Å². The second kappa shape index (κ2) is 8.00. The van der Waals surface area contributed by atoms with Gasteiger partial charge in [-0.2, -0.15) is 18.3 Å². The van der Waals surface area contributed by atoms with Crippen molar-refractivity contribution in [2.75, 3.05) is 13.7 Å². The van der Waals surface area contributed by atoms with Gasteiger partial charge in [0, 0.05) is 26.3 Å². The molecule has 0 spiro atoms. The normalized spacial score (nSPS) is 11.4. The first-order valence-corrected chi connectivity index (χ1v) is 7.63. The predicted octanol–water partition coefficient (Wildman–Crippen LogP) is 2.12. The molecule has 0 atom stereocenters. The van der Waals surface area contributed by atoms with Gasteiger partial charge in [0.15, 0.2) is 5.82 Å². The molecule has 1 aromatic carbocycles. The SMILES string of the molecule is COc1ccc(Cc2nc(CCNC(C)=O)n(CC(F)(F)F)n2)cc1. The molecule has 0 radical (unpaired) electrons. The van der Waals surface area contributed by atoms with Gasteiger partial charge in [0.1, 0.15) is 18.1 Å². The second-order valence-electron chi connectivity index (χ2n) is 5.47. The van der Waals surface area contributed by atoms with Crippen LogP contribution in [0.4, 0.5) is 13.2 Å². The summed E-state index contributed by atoms with van der Waals surface area (Å²) in [6.07, 6.45) is -3.92. The first-order chi connectivity index (χ1) is 11.8. The van der Waals surface area contributed by atoms with Gasteiger partial charge in [-0.3, -0.25) is 4.79 Å². The van der Waals surface area contributed by atoms with E-state index in [1.54, 1.807) is 31.4 Å². The number of nitrogens with one attached hydrogen (secondary N) is 1. The Bertz CT molecular complexity index is 711. The number of amides is 1. The van der Waals surface area contributed by atoms with Crippen molar-refractivity contribution in [3.63, 3.8) is 0 Å². The van der Waals surface area contributed by atoms with Crippen LogP contribution >= 0.6 is 0 Å². The molecule has 25 heavy (non-hydrogen) atoms. The van der Waals surface area contributed by atoms with E-state index in [0.717, 1.165) is 10.2 Å². The molecule has 0 aliphatic rings. The standard InChI is InChI=1S/C16H19F3N4O2/c1-11(24)20-8-7-15-21-14(22-23(15)10-16(17,18)19)9-12-3-5-13(25-2)6-4-12/h3-6H,7-10H2,1-2H3,(H,20,24). The maximum absolute atomic E-state index is 12.7. The Hall–Kier alpha value is -2.58. The van der Waals surface area contributed by atoms with Crippen LogP contribution in [0.3, 0.4) is 0 Å². The highest BCUT2D eigenvalue weighted by Gasteiger charge is 2.30. The van der Waals surface area contributed by atoms with Crippen LogP contribution in [0.15, 0.2) is 24.3 Å². The average Bonchev–Trinajstić information content (AvgIpc) is 2.87. The van der Waals surface area contributed by atoms with E-state index in [9.17, 15) is 18.0 Å². The maximum Gasteiger partial charge on any atom is 0.408 e. The number of carbonyl (C=O) groups excluding carboxylic acids is 1. The van der Waals surface area contributed by atoms with Crippen LogP contribution in [0.2, 0.25) is 0 Å². The minimum absolute atomic E-state index is 0.172. The molecular formula is C16H19F3N4O2. The fourth-order valence-corrected chi connectivity index (χ4v) is 2.26. The van der Waals surface area contributed by atoms with Gasteiger partial charge in [0.2, 0.25) is 5.91 Å². The largest absolute Gasteiger partial charge is 0.497 e. The van der Waals surface area contributed by atoms with Gasteiger partial charge >= 0.3 is 6.18 Å². The molecule has 0 saturated carbocycles. The molecule has 1 aromatic heterocycles. The van der Waals surface area contributed by atoms with Gasteiger partial charge < -0.3 is 10.1 Å². The fourth-order valence-electron chi connectivity index (χ4n) is 2.26. The molecule has 1 amide bonds. The van der Waals surface area contributed by atoms with Crippen LogP contribution in [-0.4, -0.2) is 40.5 Å². The van der Waals surface area contributed by atoms with Gasteiger partial charge in [-0.1, -0.05) is 12.1 Å². The number of alkyl halides is 3. The zero-order valence-corrected chi connectivity index (χ0v) is 13.9. The molecule has 0 aliphatic carbocycles. The number of rotatable bonds is 7. The van der Waals surface area contributed by atoms with E-state index in [1.165, 1.54) is 6.92 Å². The summed E-state index contributed by atoms with van der Waals surface area (Å²) < 4.78 is 44.1. The summed E-state index contributed by atoms with van der Waals surface area (Å²) in [7, 11) is 1.55. The summed E-state index contributed by atoms with van der Waals surface area (Å²) in [5.41, 5.74) is 0.860. The highest BCUT2D eigenvalue weighted by Crippen LogP contribution is 2.19. The molecule has 0 aliphatic heterocycles. The molecule has 6 nitrogen and oxygen atoms in total. The Morgan fingerprint density at radius 2 is 1.96 bits per heavy atom. The number of methoxy groups -OCH3 is 1. The average molecular weight is 356 g/mol. The second-order valence-corrected chi connectivity index (χ2v) is 5.47. The molecular weight excluding hydrogens is 337 g/mol. The van der Waals surface area contributed by atoms with Crippen molar-refractivity contribution >= 4 is 5.91 Å². The third-order valence-electron chi connectivity index (χ3n) is 3.37. The van der Waals surface area contributed by atoms with E-state index in [-0.39, 0.29) is 24.7 Å². The summed E-state index contributed by atoms with van der Waals surface area (Å²) in [5, 5.41) is 6.51. The van der Waals surface area contributed by atoms with Crippen molar-refractivity contribution in [2.24, 2.45) is 0 Å². The lowest BCUT2D eigenvalue weighted by Crippen LogP contribution is -2.25. The first-order valence-electron chi connectivity index (χ1n) is 7.63. The van der Waals surface area contributed by atoms with Crippen LogP contribution in [0.5, 0.6) is 5.75 Å². The Labute approximate surface area is 143 Å². The predicted molar refractivity (Wildman–Crippen MR) is 84.3 cm³/mol. The van der Waals surface area contributed by atoms with Crippen molar-refractivity contribution in [1.82, 2.24) is 20.1 Å². The number of carbonyl (C=O) groups is 1. The molecule has 2 rings (SSSR count). The quantitative estimate of drug-likeness (QED) is 0.825. The molecule has 0 saturated heterocycles. The van der Waals surface area contributed by atoms with Crippen molar-refractivity contribution in [3.05, 3.63) is 41.5 Å². The van der Waals surface area contributed by atoms with Crippen molar-refractivity contribution < 1.29 is 22.7 Å². The Kier molecular flexibility index (Phi) is 6.00. The number of hydrogen-bond acceptors (Lipinski definition) is 4. The topological polar surface area (TPSA) is 69.0 Å².